The number of hydrogen-bond acceptors (Lipinski definition) is 3. The Morgan fingerprint density at radius 1 is 0.825 bits per heavy atom. The second-order valence-electron chi connectivity index (χ2n) is 15.1. The molecule has 4 aliphatic carbocycles. The van der Waals surface area contributed by atoms with Gasteiger partial charge in [0.1, 0.15) is 0 Å². The molecule has 5 unspecified atom stereocenters. The smallest absolute Gasteiger partial charge is 0.222 e. The second kappa shape index (κ2) is 15.2. The topological polar surface area (TPSA) is 55.6 Å². The van der Waals surface area contributed by atoms with Crippen LogP contribution in [0.25, 0.3) is 0 Å². The minimum Gasteiger partial charge on any atom is -0.378 e. The van der Waals surface area contributed by atoms with Crippen LogP contribution in [0, 0.1) is 40.4 Å². The zero-order valence-electron chi connectivity index (χ0n) is 27.1. The zero-order valence-corrected chi connectivity index (χ0v) is 27.1. The number of carbonyl (C=O) groups is 1. The molecule has 0 aromatic carbocycles. The maximum Gasteiger partial charge on any atom is 0.222 e. The number of ether oxygens (including phenoxy) is 1. The summed E-state index contributed by atoms with van der Waals surface area (Å²) in [6.07, 6.45) is 24.4. The van der Waals surface area contributed by atoms with Gasteiger partial charge in [0.2, 0.25) is 5.91 Å². The molecule has 0 aromatic heterocycles. The largest absolute Gasteiger partial charge is 0.378 e. The van der Waals surface area contributed by atoms with E-state index in [-0.39, 0.29) is 0 Å². The van der Waals surface area contributed by atoms with Crippen LogP contribution in [0.5, 0.6) is 0 Å². The summed E-state index contributed by atoms with van der Waals surface area (Å²) in [5, 5.41) is 0. The molecule has 0 heterocycles. The van der Waals surface area contributed by atoms with E-state index in [1.165, 1.54) is 103 Å². The Kier molecular flexibility index (Phi) is 12.3. The first-order valence-corrected chi connectivity index (χ1v) is 18.0. The molecule has 0 aliphatic heterocycles. The Hall–Kier alpha value is -0.610. The molecular weight excluding hydrogens is 492 g/mol. The Balaban J connectivity index is 1.29. The number of nitrogens with zero attached hydrogens (tertiary/aromatic N) is 1. The standard InChI is InChI=1S/C36H66N2O2/c1-5-7-9-24-38(25-10-8-6-2)34(39)14-11-13-28-16-18-32-31-17-15-29-27-30(40-26-12-23-37)19-21-36(29,4)33(31)20-22-35(28,32)3/h28-33H,5-27,37H2,1-4H3/t28-,29?,30?,31?,32?,33?,35+,36-/m0/s1. The fraction of sp³-hybridized carbons (Fsp3) is 0.972. The number of unbranched alkanes of at least 4 members (excludes halogenated alkanes) is 4. The van der Waals surface area contributed by atoms with Gasteiger partial charge in [0.25, 0.3) is 0 Å². The lowest BCUT2D eigenvalue weighted by atomic mass is 9.44. The number of nitrogens with two attached hydrogens (primary N) is 1. The Bertz CT molecular complexity index is 762. The minimum atomic E-state index is 0.435. The van der Waals surface area contributed by atoms with E-state index in [1.807, 2.05) is 0 Å². The highest BCUT2D eigenvalue weighted by molar-refractivity contribution is 5.76. The number of carbonyl (C=O) groups excluding carboxylic acids is 1. The number of fused-ring (bicyclic) bond motifs is 5. The number of hydrogen-bond donors (Lipinski definition) is 1. The van der Waals surface area contributed by atoms with Crippen molar-refractivity contribution in [1.82, 2.24) is 4.90 Å². The third-order valence-corrected chi connectivity index (χ3v) is 12.9. The highest BCUT2D eigenvalue weighted by atomic mass is 16.5. The van der Waals surface area contributed by atoms with Crippen LogP contribution in [0.3, 0.4) is 0 Å². The van der Waals surface area contributed by atoms with Crippen LogP contribution in [-0.4, -0.2) is 43.2 Å². The lowest BCUT2D eigenvalue weighted by Gasteiger charge is -2.61. The van der Waals surface area contributed by atoms with Crippen LogP contribution in [0.2, 0.25) is 0 Å². The second-order valence-corrected chi connectivity index (χ2v) is 15.1. The molecular formula is C36H66N2O2. The minimum absolute atomic E-state index is 0.435. The summed E-state index contributed by atoms with van der Waals surface area (Å²) >= 11 is 0. The molecule has 4 saturated carbocycles. The number of amides is 1. The van der Waals surface area contributed by atoms with Gasteiger partial charge >= 0.3 is 0 Å². The normalized spacial score (nSPS) is 37.0. The molecule has 2 N–H and O–H groups in total. The lowest BCUT2D eigenvalue weighted by molar-refractivity contribution is -0.135. The Morgan fingerprint density at radius 3 is 2.23 bits per heavy atom. The summed E-state index contributed by atoms with van der Waals surface area (Å²) in [6.45, 7) is 13.4. The quantitative estimate of drug-likeness (QED) is 0.193. The zero-order chi connectivity index (χ0) is 28.6. The molecule has 4 fully saturated rings. The lowest BCUT2D eigenvalue weighted by Crippen LogP contribution is -2.54. The molecule has 0 saturated heterocycles. The van der Waals surface area contributed by atoms with E-state index in [2.05, 4.69) is 32.6 Å². The van der Waals surface area contributed by atoms with Gasteiger partial charge in [-0.15, -0.1) is 0 Å². The SMILES string of the molecule is CCCCCN(CCCCC)C(=O)CCC[C@H]1CCC2C3CCC4CC(OCCCN)CC[C@]4(C)C3CC[C@@]21C. The molecule has 40 heavy (non-hydrogen) atoms. The van der Waals surface area contributed by atoms with E-state index in [0.29, 0.717) is 22.8 Å². The van der Waals surface area contributed by atoms with E-state index in [1.54, 1.807) is 0 Å². The fourth-order valence-electron chi connectivity index (χ4n) is 10.4. The van der Waals surface area contributed by atoms with Crippen LogP contribution in [-0.2, 0) is 9.53 Å². The third kappa shape index (κ3) is 7.29. The molecule has 0 spiro atoms. The predicted octanol–water partition coefficient (Wildman–Crippen LogP) is 8.76. The molecule has 4 heteroatoms. The van der Waals surface area contributed by atoms with E-state index < -0.39 is 0 Å². The van der Waals surface area contributed by atoms with Gasteiger partial charge in [0.15, 0.2) is 0 Å². The first kappa shape index (κ1) is 32.3. The maximum absolute atomic E-state index is 13.2. The molecule has 0 aromatic rings. The maximum atomic E-state index is 13.2. The number of rotatable bonds is 16. The van der Waals surface area contributed by atoms with E-state index in [4.69, 9.17) is 10.5 Å². The summed E-state index contributed by atoms with van der Waals surface area (Å²) in [7, 11) is 0. The van der Waals surface area contributed by atoms with Gasteiger partial charge in [0.05, 0.1) is 6.10 Å². The van der Waals surface area contributed by atoms with Crippen molar-refractivity contribution in [2.45, 2.75) is 156 Å². The molecule has 8 atom stereocenters. The molecule has 1 amide bonds. The van der Waals surface area contributed by atoms with E-state index in [0.717, 1.165) is 75.1 Å². The molecule has 4 nitrogen and oxygen atoms in total. The first-order valence-electron chi connectivity index (χ1n) is 18.0. The van der Waals surface area contributed by atoms with Crippen LogP contribution in [0.4, 0.5) is 0 Å². The average molecular weight is 559 g/mol. The van der Waals surface area contributed by atoms with Crippen LogP contribution in [0.15, 0.2) is 0 Å². The van der Waals surface area contributed by atoms with Gasteiger partial charge in [-0.1, -0.05) is 53.4 Å². The third-order valence-electron chi connectivity index (χ3n) is 12.9. The van der Waals surface area contributed by atoms with E-state index in [9.17, 15) is 4.79 Å². The van der Waals surface area contributed by atoms with Crippen molar-refractivity contribution >= 4 is 5.91 Å². The molecule has 4 aliphatic rings. The average Bonchev–Trinajstić information content (AvgIpc) is 3.28. The Labute approximate surface area is 248 Å². The Morgan fingerprint density at radius 2 is 1.52 bits per heavy atom. The van der Waals surface area contributed by atoms with Crippen molar-refractivity contribution < 1.29 is 9.53 Å². The predicted molar refractivity (Wildman–Crippen MR) is 168 cm³/mol. The fourth-order valence-corrected chi connectivity index (χ4v) is 10.4. The molecule has 232 valence electrons. The van der Waals surface area contributed by atoms with Crippen molar-refractivity contribution in [3.63, 3.8) is 0 Å². The molecule has 0 bridgehead atoms. The first-order chi connectivity index (χ1) is 19.4. The molecule has 4 rings (SSSR count). The van der Waals surface area contributed by atoms with Crippen molar-refractivity contribution in [3.05, 3.63) is 0 Å². The van der Waals surface area contributed by atoms with Gasteiger partial charge in [0, 0.05) is 26.1 Å². The van der Waals surface area contributed by atoms with Crippen molar-refractivity contribution in [2.24, 2.45) is 46.2 Å². The van der Waals surface area contributed by atoms with Gasteiger partial charge in [-0.05, 0) is 137 Å². The summed E-state index contributed by atoms with van der Waals surface area (Å²) in [5.74, 6) is 4.91. The van der Waals surface area contributed by atoms with Gasteiger partial charge in [-0.3, -0.25) is 4.79 Å². The molecule has 0 radical (unpaired) electrons. The summed E-state index contributed by atoms with van der Waals surface area (Å²) < 4.78 is 6.26. The van der Waals surface area contributed by atoms with Crippen LogP contribution in [0.1, 0.15) is 150 Å². The van der Waals surface area contributed by atoms with Gasteiger partial charge in [-0.2, -0.15) is 0 Å². The monoisotopic (exact) mass is 559 g/mol. The summed E-state index contributed by atoms with van der Waals surface area (Å²) in [6, 6.07) is 0. The van der Waals surface area contributed by atoms with Crippen molar-refractivity contribution in [3.8, 4) is 0 Å². The highest BCUT2D eigenvalue weighted by Crippen LogP contribution is 2.68. The summed E-state index contributed by atoms with van der Waals surface area (Å²) in [4.78, 5) is 15.4. The van der Waals surface area contributed by atoms with E-state index >= 15 is 0 Å². The van der Waals surface area contributed by atoms with Crippen LogP contribution < -0.4 is 5.73 Å². The van der Waals surface area contributed by atoms with Gasteiger partial charge in [-0.25, -0.2) is 0 Å². The highest BCUT2D eigenvalue weighted by Gasteiger charge is 2.59. The van der Waals surface area contributed by atoms with Gasteiger partial charge < -0.3 is 15.4 Å². The van der Waals surface area contributed by atoms with Crippen LogP contribution >= 0.6 is 0 Å². The summed E-state index contributed by atoms with van der Waals surface area (Å²) in [5.41, 5.74) is 6.74. The van der Waals surface area contributed by atoms with Crippen molar-refractivity contribution in [1.29, 1.82) is 0 Å². The van der Waals surface area contributed by atoms with Crippen molar-refractivity contribution in [2.75, 3.05) is 26.2 Å².